The first-order valence-electron chi connectivity index (χ1n) is 8.66. The lowest BCUT2D eigenvalue weighted by atomic mass is 10.0. The molecule has 2 aliphatic rings. The van der Waals surface area contributed by atoms with Crippen molar-refractivity contribution in [3.8, 4) is 0 Å². The Morgan fingerprint density at radius 3 is 2.36 bits per heavy atom. The lowest BCUT2D eigenvalue weighted by molar-refractivity contribution is -0.222. The summed E-state index contributed by atoms with van der Waals surface area (Å²) in [6, 6.07) is 8.49. The van der Waals surface area contributed by atoms with Gasteiger partial charge in [-0.1, -0.05) is 0 Å². The van der Waals surface area contributed by atoms with Gasteiger partial charge in [0.1, 0.15) is 0 Å². The van der Waals surface area contributed by atoms with Crippen LogP contribution in [0.3, 0.4) is 0 Å². The zero-order chi connectivity index (χ0) is 18.0. The highest BCUT2D eigenvalue weighted by molar-refractivity contribution is 6.15. The van der Waals surface area contributed by atoms with Crippen LogP contribution in [0.5, 0.6) is 0 Å². The summed E-state index contributed by atoms with van der Waals surface area (Å²) in [6.07, 6.45) is 5.05. The topological polar surface area (TPSA) is 67.9 Å². The Kier molecular flexibility index (Phi) is 4.70. The van der Waals surface area contributed by atoms with Crippen LogP contribution in [-0.4, -0.2) is 30.3 Å². The van der Waals surface area contributed by atoms with Gasteiger partial charge in [0.05, 0.1) is 0 Å². The standard InChI is InChI=1S/C19H24N2O4/c1-13-6-4-5-11-21(13)15-9-7-14(8-10-15)20-12-16-17(22)24-19(2,3)25-18(16)23/h7-10,12-13,20H,4-6,11H2,1-3H3. The van der Waals surface area contributed by atoms with E-state index in [1.54, 1.807) is 0 Å². The Morgan fingerprint density at radius 1 is 1.12 bits per heavy atom. The number of rotatable bonds is 3. The van der Waals surface area contributed by atoms with E-state index in [1.807, 2.05) is 24.3 Å². The van der Waals surface area contributed by atoms with Crippen LogP contribution in [-0.2, 0) is 19.1 Å². The van der Waals surface area contributed by atoms with Crippen molar-refractivity contribution >= 4 is 23.3 Å². The van der Waals surface area contributed by atoms with Gasteiger partial charge < -0.3 is 19.7 Å². The third-order valence-corrected chi connectivity index (χ3v) is 4.50. The molecule has 2 saturated heterocycles. The van der Waals surface area contributed by atoms with Gasteiger partial charge in [-0.25, -0.2) is 9.59 Å². The molecule has 0 aromatic heterocycles. The molecule has 2 heterocycles. The average Bonchev–Trinajstić information content (AvgIpc) is 2.54. The maximum atomic E-state index is 11.9. The number of carbonyl (C=O) groups excluding carboxylic acids is 2. The molecule has 0 spiro atoms. The summed E-state index contributed by atoms with van der Waals surface area (Å²) in [5.74, 6) is -2.60. The maximum Gasteiger partial charge on any atom is 0.350 e. The molecular formula is C19H24N2O4. The van der Waals surface area contributed by atoms with Gasteiger partial charge in [-0.3, -0.25) is 0 Å². The van der Waals surface area contributed by atoms with Gasteiger partial charge in [0.25, 0.3) is 5.79 Å². The van der Waals surface area contributed by atoms with Crippen LogP contribution in [0, 0.1) is 0 Å². The third-order valence-electron chi connectivity index (χ3n) is 4.50. The molecule has 6 heteroatoms. The SMILES string of the molecule is CC1CCCCN1c1ccc(NC=C2C(=O)OC(C)(C)OC2=O)cc1. The summed E-state index contributed by atoms with van der Waals surface area (Å²) in [5.41, 5.74) is 1.82. The number of anilines is 2. The summed E-state index contributed by atoms with van der Waals surface area (Å²) >= 11 is 0. The van der Waals surface area contributed by atoms with E-state index in [0.717, 1.165) is 12.2 Å². The molecule has 1 N–H and O–H groups in total. The minimum Gasteiger partial charge on any atom is -0.419 e. The number of cyclic esters (lactones) is 2. The van der Waals surface area contributed by atoms with E-state index in [1.165, 1.54) is 45.0 Å². The number of nitrogens with zero attached hydrogens (tertiary/aromatic N) is 1. The number of hydrogen-bond donors (Lipinski definition) is 1. The lowest BCUT2D eigenvalue weighted by Gasteiger charge is -2.35. The molecule has 1 atom stereocenters. The van der Waals surface area contributed by atoms with Gasteiger partial charge in [-0.2, -0.15) is 0 Å². The predicted octanol–water partition coefficient (Wildman–Crippen LogP) is 3.20. The highest BCUT2D eigenvalue weighted by Crippen LogP contribution is 2.26. The van der Waals surface area contributed by atoms with Gasteiger partial charge in [0, 0.05) is 44.0 Å². The van der Waals surface area contributed by atoms with Crippen LogP contribution in [0.1, 0.15) is 40.0 Å². The summed E-state index contributed by atoms with van der Waals surface area (Å²) in [5, 5.41) is 2.96. The van der Waals surface area contributed by atoms with Crippen LogP contribution >= 0.6 is 0 Å². The average molecular weight is 344 g/mol. The van der Waals surface area contributed by atoms with Crippen LogP contribution in [0.25, 0.3) is 0 Å². The number of benzene rings is 1. The van der Waals surface area contributed by atoms with Crippen molar-refractivity contribution in [3.63, 3.8) is 0 Å². The maximum absolute atomic E-state index is 11.9. The first-order chi connectivity index (χ1) is 11.9. The molecule has 3 rings (SSSR count). The lowest BCUT2D eigenvalue weighted by Crippen LogP contribution is -2.42. The summed E-state index contributed by atoms with van der Waals surface area (Å²) < 4.78 is 10.1. The molecule has 2 aliphatic heterocycles. The minimum absolute atomic E-state index is 0.145. The van der Waals surface area contributed by atoms with E-state index < -0.39 is 17.7 Å². The van der Waals surface area contributed by atoms with Crippen LogP contribution in [0.4, 0.5) is 11.4 Å². The van der Waals surface area contributed by atoms with E-state index in [2.05, 4.69) is 17.1 Å². The molecular weight excluding hydrogens is 320 g/mol. The smallest absolute Gasteiger partial charge is 0.350 e. The summed E-state index contributed by atoms with van der Waals surface area (Å²) in [4.78, 5) is 26.2. The first kappa shape index (κ1) is 17.3. The number of piperidine rings is 1. The van der Waals surface area contributed by atoms with Gasteiger partial charge >= 0.3 is 11.9 Å². The zero-order valence-electron chi connectivity index (χ0n) is 14.9. The van der Waals surface area contributed by atoms with Gasteiger partial charge in [-0.05, 0) is 50.5 Å². The number of carbonyl (C=O) groups is 2. The largest absolute Gasteiger partial charge is 0.419 e. The first-order valence-corrected chi connectivity index (χ1v) is 8.66. The van der Waals surface area contributed by atoms with Crippen molar-refractivity contribution in [2.24, 2.45) is 0 Å². The monoisotopic (exact) mass is 344 g/mol. The Bertz CT molecular complexity index is 672. The third kappa shape index (κ3) is 3.95. The quantitative estimate of drug-likeness (QED) is 0.516. The highest BCUT2D eigenvalue weighted by atomic mass is 16.7. The van der Waals surface area contributed by atoms with Crippen molar-refractivity contribution in [3.05, 3.63) is 36.0 Å². The minimum atomic E-state index is -1.22. The van der Waals surface area contributed by atoms with Crippen molar-refractivity contribution in [2.75, 3.05) is 16.8 Å². The van der Waals surface area contributed by atoms with Crippen molar-refractivity contribution in [2.45, 2.75) is 51.9 Å². The molecule has 6 nitrogen and oxygen atoms in total. The molecule has 1 aromatic rings. The molecule has 0 bridgehead atoms. The zero-order valence-corrected chi connectivity index (χ0v) is 14.9. The van der Waals surface area contributed by atoms with E-state index in [9.17, 15) is 9.59 Å². The molecule has 0 amide bonds. The number of esters is 2. The van der Waals surface area contributed by atoms with E-state index in [0.29, 0.717) is 6.04 Å². The second-order valence-electron chi connectivity index (χ2n) is 6.97. The van der Waals surface area contributed by atoms with Gasteiger partial charge in [0.15, 0.2) is 5.57 Å². The van der Waals surface area contributed by atoms with E-state index in [-0.39, 0.29) is 5.57 Å². The second kappa shape index (κ2) is 6.78. The fourth-order valence-corrected chi connectivity index (χ4v) is 3.16. The Morgan fingerprint density at radius 2 is 1.76 bits per heavy atom. The summed E-state index contributed by atoms with van der Waals surface area (Å²) in [6.45, 7) is 6.36. The normalized spacial score (nSPS) is 22.9. The van der Waals surface area contributed by atoms with E-state index in [4.69, 9.17) is 9.47 Å². The van der Waals surface area contributed by atoms with Crippen molar-refractivity contribution < 1.29 is 19.1 Å². The van der Waals surface area contributed by atoms with Gasteiger partial charge in [0.2, 0.25) is 0 Å². The Labute approximate surface area is 147 Å². The van der Waals surface area contributed by atoms with Crippen molar-refractivity contribution in [1.82, 2.24) is 0 Å². The Balaban J connectivity index is 1.67. The molecule has 134 valence electrons. The summed E-state index contributed by atoms with van der Waals surface area (Å²) in [7, 11) is 0. The van der Waals surface area contributed by atoms with Crippen molar-refractivity contribution in [1.29, 1.82) is 0 Å². The molecule has 0 aliphatic carbocycles. The number of hydrogen-bond acceptors (Lipinski definition) is 6. The molecule has 0 saturated carbocycles. The Hall–Kier alpha value is -2.50. The molecule has 1 aromatic carbocycles. The van der Waals surface area contributed by atoms with Crippen LogP contribution in [0.2, 0.25) is 0 Å². The van der Waals surface area contributed by atoms with E-state index >= 15 is 0 Å². The number of ether oxygens (including phenoxy) is 2. The fourth-order valence-electron chi connectivity index (χ4n) is 3.16. The predicted molar refractivity (Wildman–Crippen MR) is 95.1 cm³/mol. The number of nitrogens with one attached hydrogen (secondary N) is 1. The molecule has 2 fully saturated rings. The molecule has 0 radical (unpaired) electrons. The second-order valence-corrected chi connectivity index (χ2v) is 6.97. The van der Waals surface area contributed by atoms with Crippen LogP contribution < -0.4 is 10.2 Å². The highest BCUT2D eigenvalue weighted by Gasteiger charge is 2.38. The molecule has 25 heavy (non-hydrogen) atoms. The fraction of sp³-hybridized carbons (Fsp3) is 0.474. The molecule has 1 unspecified atom stereocenters. The van der Waals surface area contributed by atoms with Gasteiger partial charge in [-0.15, -0.1) is 0 Å². The van der Waals surface area contributed by atoms with Crippen LogP contribution in [0.15, 0.2) is 36.0 Å².